The van der Waals surface area contributed by atoms with Crippen molar-refractivity contribution in [2.45, 2.75) is 18.2 Å². The van der Waals surface area contributed by atoms with Crippen LogP contribution in [0.4, 0.5) is 17.1 Å². The smallest absolute Gasteiger partial charge is 0.330 e. The fourth-order valence-corrected chi connectivity index (χ4v) is 6.53. The number of carbonyl (C=O) groups is 3. The fourth-order valence-electron chi connectivity index (χ4n) is 6.53. The molecule has 7 rings (SSSR count). The maximum absolute atomic E-state index is 14.4. The van der Waals surface area contributed by atoms with E-state index in [1.54, 1.807) is 0 Å². The number of carbonyl (C=O) groups excluding carboxylic acids is 3. The molecule has 0 aliphatic carbocycles. The summed E-state index contributed by atoms with van der Waals surface area (Å²) in [6.45, 7) is 0. The van der Waals surface area contributed by atoms with Gasteiger partial charge in [0.15, 0.2) is 6.10 Å². The molecule has 0 radical (unpaired) electrons. The Bertz CT molecular complexity index is 1730. The molecule has 9 heteroatoms. The summed E-state index contributed by atoms with van der Waals surface area (Å²) in [7, 11) is 0. The van der Waals surface area contributed by atoms with Crippen LogP contribution in [0, 0.1) is 22.0 Å². The van der Waals surface area contributed by atoms with E-state index in [1.807, 2.05) is 102 Å². The van der Waals surface area contributed by atoms with Crippen LogP contribution in [0.25, 0.3) is 6.08 Å². The Hall–Kier alpha value is -5.57. The first-order valence-corrected chi connectivity index (χ1v) is 13.9. The number of para-hydroxylation sites is 1. The number of imide groups is 1. The Morgan fingerprint density at radius 3 is 1.98 bits per heavy atom. The van der Waals surface area contributed by atoms with E-state index < -0.39 is 52.7 Å². The number of amides is 2. The number of rotatable bonds is 6. The van der Waals surface area contributed by atoms with Crippen molar-refractivity contribution >= 4 is 40.9 Å². The number of non-ortho nitro benzene ring substituents is 1. The van der Waals surface area contributed by atoms with Crippen LogP contribution in [0.15, 0.2) is 115 Å². The molecule has 4 aromatic rings. The Kier molecular flexibility index (Phi) is 6.35. The Morgan fingerprint density at radius 1 is 0.767 bits per heavy atom. The second kappa shape index (κ2) is 10.4. The molecule has 0 unspecified atom stereocenters. The number of fused-ring (bicyclic) bond motifs is 5. The lowest BCUT2D eigenvalue weighted by molar-refractivity contribution is -0.384. The number of anilines is 2. The summed E-state index contributed by atoms with van der Waals surface area (Å²) in [4.78, 5) is 56.0. The Morgan fingerprint density at radius 2 is 1.35 bits per heavy atom. The summed E-state index contributed by atoms with van der Waals surface area (Å²) in [5, 5.41) is 11.2. The van der Waals surface area contributed by atoms with E-state index >= 15 is 0 Å². The third-order valence-corrected chi connectivity index (χ3v) is 8.41. The minimum absolute atomic E-state index is 0.157. The van der Waals surface area contributed by atoms with E-state index in [2.05, 4.69) is 0 Å². The van der Waals surface area contributed by atoms with E-state index in [0.29, 0.717) is 0 Å². The highest BCUT2D eigenvalue weighted by molar-refractivity contribution is 6.24. The fraction of sp³-hybridized carbons (Fsp3) is 0.147. The number of nitrogens with zero attached hydrogens (tertiary/aromatic N) is 3. The van der Waals surface area contributed by atoms with Crippen molar-refractivity contribution in [1.29, 1.82) is 0 Å². The van der Waals surface area contributed by atoms with Crippen molar-refractivity contribution in [2.75, 3.05) is 9.80 Å². The van der Waals surface area contributed by atoms with Gasteiger partial charge >= 0.3 is 5.97 Å². The van der Waals surface area contributed by atoms with Crippen LogP contribution in [0.5, 0.6) is 0 Å². The highest BCUT2D eigenvalue weighted by Crippen LogP contribution is 2.50. The first-order chi connectivity index (χ1) is 20.9. The third-order valence-electron chi connectivity index (χ3n) is 8.41. The standard InChI is InChI=1S/C34H25N3O6/c38-32-28-27-20-15-21-9-7-8-14-26(21)36(27)30(29(28)33(39)35(32)24-16-18-25(19-17-24)37(41)42)34(40)43-31(22-10-3-1-4-11-22)23-12-5-2-6-13-23/h1-20,27-31H/t27-,28-,29+,30+/m1/s1. The maximum atomic E-state index is 14.4. The quantitative estimate of drug-likeness (QED) is 0.133. The van der Waals surface area contributed by atoms with Crippen LogP contribution >= 0.6 is 0 Å². The predicted octanol–water partition coefficient (Wildman–Crippen LogP) is 5.32. The average Bonchev–Trinajstić information content (AvgIpc) is 3.53. The molecule has 3 aliphatic rings. The van der Waals surface area contributed by atoms with E-state index in [0.717, 1.165) is 27.3 Å². The maximum Gasteiger partial charge on any atom is 0.330 e. The van der Waals surface area contributed by atoms with Gasteiger partial charge in [-0.25, -0.2) is 9.69 Å². The second-order valence-electron chi connectivity index (χ2n) is 10.7. The molecule has 9 nitrogen and oxygen atoms in total. The lowest BCUT2D eigenvalue weighted by Gasteiger charge is -2.36. The molecule has 3 heterocycles. The number of benzene rings is 4. The topological polar surface area (TPSA) is 110 Å². The number of esters is 1. The molecular weight excluding hydrogens is 546 g/mol. The van der Waals surface area contributed by atoms with Crippen molar-refractivity contribution < 1.29 is 24.0 Å². The summed E-state index contributed by atoms with van der Waals surface area (Å²) in [6, 6.07) is 29.9. The monoisotopic (exact) mass is 571 g/mol. The van der Waals surface area contributed by atoms with Crippen LogP contribution < -0.4 is 9.80 Å². The molecule has 0 aromatic heterocycles. The van der Waals surface area contributed by atoms with Gasteiger partial charge in [-0.15, -0.1) is 0 Å². The first-order valence-electron chi connectivity index (χ1n) is 13.9. The number of hydrogen-bond donors (Lipinski definition) is 0. The summed E-state index contributed by atoms with van der Waals surface area (Å²) in [5.74, 6) is -3.49. The number of ether oxygens (including phenoxy) is 1. The van der Waals surface area contributed by atoms with Crippen molar-refractivity contribution in [3.8, 4) is 0 Å². The third kappa shape index (κ3) is 4.28. The summed E-state index contributed by atoms with van der Waals surface area (Å²) < 4.78 is 6.28. The molecule has 212 valence electrons. The van der Waals surface area contributed by atoms with Gasteiger partial charge in [-0.05, 0) is 34.9 Å². The minimum Gasteiger partial charge on any atom is -0.451 e. The molecular formula is C34H25N3O6. The minimum atomic E-state index is -1.09. The van der Waals surface area contributed by atoms with Crippen LogP contribution in [-0.4, -0.2) is 34.8 Å². The predicted molar refractivity (Wildman–Crippen MR) is 159 cm³/mol. The highest BCUT2D eigenvalue weighted by Gasteiger charge is 2.65. The molecule has 4 atom stereocenters. The van der Waals surface area contributed by atoms with Gasteiger partial charge in [-0.3, -0.25) is 19.7 Å². The van der Waals surface area contributed by atoms with E-state index in [9.17, 15) is 24.5 Å². The number of hydrogen-bond acceptors (Lipinski definition) is 7. The van der Waals surface area contributed by atoms with Gasteiger partial charge in [-0.1, -0.05) is 91.0 Å². The number of nitro groups is 1. The first kappa shape index (κ1) is 26.3. The van der Waals surface area contributed by atoms with Gasteiger partial charge in [0, 0.05) is 17.8 Å². The zero-order chi connectivity index (χ0) is 29.7. The van der Waals surface area contributed by atoms with Gasteiger partial charge in [0.1, 0.15) is 6.04 Å². The number of nitro benzene ring substituents is 1. The molecule has 0 N–H and O–H groups in total. The Balaban J connectivity index is 1.30. The second-order valence-corrected chi connectivity index (χ2v) is 10.7. The lowest BCUT2D eigenvalue weighted by Crippen LogP contribution is -2.49. The molecule has 3 aliphatic heterocycles. The molecule has 0 spiro atoms. The largest absolute Gasteiger partial charge is 0.451 e. The van der Waals surface area contributed by atoms with Crippen LogP contribution in [0.3, 0.4) is 0 Å². The summed E-state index contributed by atoms with van der Waals surface area (Å²) in [5.41, 5.74) is 3.22. The molecule has 2 amide bonds. The van der Waals surface area contributed by atoms with Crippen LogP contribution in [0.1, 0.15) is 22.8 Å². The van der Waals surface area contributed by atoms with Gasteiger partial charge in [0.2, 0.25) is 11.8 Å². The molecule has 43 heavy (non-hydrogen) atoms. The lowest BCUT2D eigenvalue weighted by atomic mass is 9.88. The average molecular weight is 572 g/mol. The Labute approximate surface area is 246 Å². The van der Waals surface area contributed by atoms with E-state index in [-0.39, 0.29) is 11.4 Å². The summed E-state index contributed by atoms with van der Waals surface area (Å²) >= 11 is 0. The van der Waals surface area contributed by atoms with Crippen LogP contribution in [0.2, 0.25) is 0 Å². The zero-order valence-corrected chi connectivity index (χ0v) is 22.7. The van der Waals surface area contributed by atoms with Crippen molar-refractivity contribution in [1.82, 2.24) is 0 Å². The summed E-state index contributed by atoms with van der Waals surface area (Å²) in [6.07, 6.45) is 3.04. The molecule has 0 saturated carbocycles. The van der Waals surface area contributed by atoms with E-state index in [1.165, 1.54) is 24.3 Å². The van der Waals surface area contributed by atoms with Gasteiger partial charge in [0.25, 0.3) is 5.69 Å². The molecule has 2 saturated heterocycles. The van der Waals surface area contributed by atoms with Crippen molar-refractivity contribution in [3.63, 3.8) is 0 Å². The van der Waals surface area contributed by atoms with Crippen LogP contribution in [-0.2, 0) is 19.1 Å². The van der Waals surface area contributed by atoms with Crippen molar-refractivity contribution in [3.05, 3.63) is 142 Å². The van der Waals surface area contributed by atoms with E-state index in [4.69, 9.17) is 4.74 Å². The normalized spacial score (nSPS) is 21.9. The zero-order valence-electron chi connectivity index (χ0n) is 22.7. The van der Waals surface area contributed by atoms with Gasteiger partial charge in [-0.2, -0.15) is 0 Å². The van der Waals surface area contributed by atoms with Gasteiger partial charge < -0.3 is 9.64 Å². The molecule has 0 bridgehead atoms. The molecule has 2 fully saturated rings. The highest BCUT2D eigenvalue weighted by atomic mass is 16.6. The van der Waals surface area contributed by atoms with Crippen molar-refractivity contribution in [2.24, 2.45) is 11.8 Å². The SMILES string of the molecule is O=C(OC(c1ccccc1)c1ccccc1)[C@@H]1[C@H]2C(=O)N(c3ccc([N+](=O)[O-])cc3)C(=O)[C@@H]2[C@H]2C=Cc3ccccc3N21. The molecule has 4 aromatic carbocycles. The van der Waals surface area contributed by atoms with Gasteiger partial charge in [0.05, 0.1) is 28.5 Å².